The molecule has 11 rings (SSSR count). The first kappa shape index (κ1) is 31.1. The van der Waals surface area contributed by atoms with Crippen LogP contribution in [-0.2, 0) is 0 Å². The van der Waals surface area contributed by atoms with Gasteiger partial charge in [-0.2, -0.15) is 0 Å². The Balaban J connectivity index is 1.24. The van der Waals surface area contributed by atoms with Crippen LogP contribution >= 0.6 is 0 Å². The fourth-order valence-electron chi connectivity index (χ4n) is 8.17. The Hall–Kier alpha value is -7.43. The van der Waals surface area contributed by atoms with Crippen molar-refractivity contribution in [3.05, 3.63) is 194 Å². The van der Waals surface area contributed by atoms with Crippen molar-refractivity contribution in [3.63, 3.8) is 0 Å². The van der Waals surface area contributed by atoms with E-state index in [1.807, 2.05) is 36.4 Å². The van der Waals surface area contributed by atoms with E-state index in [0.29, 0.717) is 17.5 Å². The zero-order valence-corrected chi connectivity index (χ0v) is 29.8. The van der Waals surface area contributed by atoms with Crippen molar-refractivity contribution in [2.24, 2.45) is 0 Å². The molecule has 4 nitrogen and oxygen atoms in total. The van der Waals surface area contributed by atoms with Crippen LogP contribution in [0.4, 0.5) is 0 Å². The average molecular weight is 701 g/mol. The molecule has 0 aliphatic heterocycles. The molecule has 0 saturated heterocycles. The molecule has 0 spiro atoms. The van der Waals surface area contributed by atoms with Crippen LogP contribution in [0.25, 0.3) is 105 Å². The minimum Gasteiger partial charge on any atom is -0.309 e. The molecule has 0 bridgehead atoms. The Morgan fingerprint density at radius 3 is 1.33 bits per heavy atom. The van der Waals surface area contributed by atoms with Gasteiger partial charge in [0.05, 0.1) is 11.0 Å². The number of benzene rings is 9. The van der Waals surface area contributed by atoms with Crippen LogP contribution in [0.2, 0.25) is 0 Å². The van der Waals surface area contributed by atoms with Gasteiger partial charge in [0.25, 0.3) is 0 Å². The van der Waals surface area contributed by atoms with Crippen molar-refractivity contribution in [3.8, 4) is 51.0 Å². The average Bonchev–Trinajstić information content (AvgIpc) is 3.62. The lowest BCUT2D eigenvalue weighted by molar-refractivity contribution is 1.07. The number of hydrogen-bond donors (Lipinski definition) is 0. The second-order valence-corrected chi connectivity index (χ2v) is 14.1. The summed E-state index contributed by atoms with van der Waals surface area (Å²) in [5.41, 5.74) is 8.33. The molecule has 55 heavy (non-hydrogen) atoms. The minimum atomic E-state index is 0.619. The van der Waals surface area contributed by atoms with Crippen LogP contribution in [0.15, 0.2) is 194 Å². The van der Waals surface area contributed by atoms with Crippen molar-refractivity contribution in [2.45, 2.75) is 0 Å². The van der Waals surface area contributed by atoms with E-state index in [2.05, 4.69) is 162 Å². The van der Waals surface area contributed by atoms with Crippen molar-refractivity contribution >= 4 is 54.1 Å². The first-order valence-corrected chi connectivity index (χ1v) is 18.6. The summed E-state index contributed by atoms with van der Waals surface area (Å²) < 4.78 is 2.43. The van der Waals surface area contributed by atoms with E-state index in [1.54, 1.807) is 0 Å². The van der Waals surface area contributed by atoms with Gasteiger partial charge in [0, 0.05) is 33.2 Å². The molecular formula is C51H32N4. The number of fused-ring (bicyclic) bond motifs is 8. The molecule has 0 aliphatic carbocycles. The Morgan fingerprint density at radius 2 is 0.745 bits per heavy atom. The van der Waals surface area contributed by atoms with Crippen LogP contribution < -0.4 is 0 Å². The van der Waals surface area contributed by atoms with E-state index in [4.69, 9.17) is 15.0 Å². The van der Waals surface area contributed by atoms with Crippen LogP contribution in [-0.4, -0.2) is 19.5 Å². The molecule has 0 atom stereocenters. The van der Waals surface area contributed by atoms with Crippen LogP contribution in [0.1, 0.15) is 0 Å². The molecular weight excluding hydrogens is 669 g/mol. The number of hydrogen-bond acceptors (Lipinski definition) is 3. The van der Waals surface area contributed by atoms with Crippen LogP contribution in [0.3, 0.4) is 0 Å². The predicted octanol–water partition coefficient (Wildman–Crippen LogP) is 13.1. The predicted molar refractivity (Wildman–Crippen MR) is 228 cm³/mol. The first-order chi connectivity index (χ1) is 27.2. The molecule has 0 fully saturated rings. The smallest absolute Gasteiger partial charge is 0.164 e. The molecule has 2 heterocycles. The molecule has 0 unspecified atom stereocenters. The third kappa shape index (κ3) is 5.26. The highest BCUT2D eigenvalue weighted by Crippen LogP contribution is 2.42. The van der Waals surface area contributed by atoms with E-state index < -0.39 is 0 Å². The Bertz CT molecular complexity index is 3110. The second-order valence-electron chi connectivity index (χ2n) is 14.1. The fraction of sp³-hybridized carbons (Fsp3) is 0. The highest BCUT2D eigenvalue weighted by Gasteiger charge is 2.20. The van der Waals surface area contributed by atoms with E-state index in [-0.39, 0.29) is 0 Å². The lowest BCUT2D eigenvalue weighted by Crippen LogP contribution is -2.01. The molecule has 0 aliphatic rings. The van der Waals surface area contributed by atoms with Crippen molar-refractivity contribution in [2.75, 3.05) is 0 Å². The highest BCUT2D eigenvalue weighted by molar-refractivity contribution is 6.28. The minimum absolute atomic E-state index is 0.619. The zero-order valence-electron chi connectivity index (χ0n) is 29.8. The molecule has 0 radical (unpaired) electrons. The van der Waals surface area contributed by atoms with Gasteiger partial charge in [-0.15, -0.1) is 0 Å². The van der Waals surface area contributed by atoms with Gasteiger partial charge in [-0.05, 0) is 79.8 Å². The largest absolute Gasteiger partial charge is 0.309 e. The van der Waals surface area contributed by atoms with Gasteiger partial charge in [0.15, 0.2) is 17.5 Å². The molecule has 256 valence electrons. The molecule has 11 aromatic rings. The van der Waals surface area contributed by atoms with Crippen molar-refractivity contribution in [1.82, 2.24) is 19.5 Å². The maximum atomic E-state index is 5.18. The van der Waals surface area contributed by atoms with Crippen molar-refractivity contribution < 1.29 is 0 Å². The van der Waals surface area contributed by atoms with Gasteiger partial charge in [-0.3, -0.25) is 0 Å². The molecule has 0 N–H and O–H groups in total. The summed E-state index contributed by atoms with van der Waals surface area (Å²) >= 11 is 0. The lowest BCUT2D eigenvalue weighted by atomic mass is 9.98. The monoisotopic (exact) mass is 700 g/mol. The van der Waals surface area contributed by atoms with Crippen LogP contribution in [0.5, 0.6) is 0 Å². The standard InChI is InChI=1S/C51H32N4/c1-3-16-36(17-4-1)49-52-50(37-18-5-2-6-19-37)54-51(53-49)41-30-40(39-24-23-33-13-7-8-20-38(33)29-39)31-42(32-41)55-45-27-25-34-14-9-11-21-43(34)47(45)48-44-22-12-10-15-35(44)26-28-46(48)55/h1-32H. The molecule has 4 heteroatoms. The normalized spacial score (nSPS) is 11.6. The van der Waals surface area contributed by atoms with Crippen LogP contribution in [0, 0.1) is 0 Å². The fourth-order valence-corrected chi connectivity index (χ4v) is 8.17. The van der Waals surface area contributed by atoms with E-state index >= 15 is 0 Å². The third-order valence-corrected chi connectivity index (χ3v) is 10.8. The quantitative estimate of drug-likeness (QED) is 0.179. The summed E-state index contributed by atoms with van der Waals surface area (Å²) in [5.74, 6) is 1.89. The summed E-state index contributed by atoms with van der Waals surface area (Å²) in [6.07, 6.45) is 0. The van der Waals surface area contributed by atoms with Gasteiger partial charge in [-0.1, -0.05) is 158 Å². The van der Waals surface area contributed by atoms with Gasteiger partial charge in [-0.25, -0.2) is 15.0 Å². The van der Waals surface area contributed by atoms with Crippen molar-refractivity contribution in [1.29, 1.82) is 0 Å². The third-order valence-electron chi connectivity index (χ3n) is 10.8. The Kier molecular flexibility index (Phi) is 7.14. The summed E-state index contributed by atoms with van der Waals surface area (Å²) in [7, 11) is 0. The molecule has 9 aromatic carbocycles. The highest BCUT2D eigenvalue weighted by atomic mass is 15.0. The molecule has 0 saturated carbocycles. The summed E-state index contributed by atoms with van der Waals surface area (Å²) in [6, 6.07) is 68.8. The Labute approximate surface area is 317 Å². The summed E-state index contributed by atoms with van der Waals surface area (Å²) in [4.78, 5) is 15.4. The maximum Gasteiger partial charge on any atom is 0.164 e. The van der Waals surface area contributed by atoms with Gasteiger partial charge < -0.3 is 4.57 Å². The second kappa shape index (κ2) is 12.6. The van der Waals surface area contributed by atoms with Gasteiger partial charge >= 0.3 is 0 Å². The number of nitrogens with zero attached hydrogens (tertiary/aromatic N) is 4. The Morgan fingerprint density at radius 1 is 0.291 bits per heavy atom. The van der Waals surface area contributed by atoms with Gasteiger partial charge in [0.2, 0.25) is 0 Å². The van der Waals surface area contributed by atoms with E-state index in [9.17, 15) is 0 Å². The topological polar surface area (TPSA) is 43.6 Å². The van der Waals surface area contributed by atoms with E-state index in [0.717, 1.165) is 44.5 Å². The first-order valence-electron chi connectivity index (χ1n) is 18.6. The molecule has 0 amide bonds. The summed E-state index contributed by atoms with van der Waals surface area (Å²) in [6.45, 7) is 0. The molecule has 2 aromatic heterocycles. The van der Waals surface area contributed by atoms with Gasteiger partial charge in [0.1, 0.15) is 0 Å². The number of rotatable bonds is 5. The number of aromatic nitrogens is 4. The maximum absolute atomic E-state index is 5.18. The SMILES string of the molecule is c1ccc(-c2nc(-c3ccccc3)nc(-c3cc(-c4ccc5ccccc5c4)cc(-n4c5ccc6ccccc6c5c5c6ccccc6ccc54)c3)n2)cc1. The zero-order chi connectivity index (χ0) is 36.3. The lowest BCUT2D eigenvalue weighted by Gasteiger charge is -2.15. The van der Waals surface area contributed by atoms with E-state index in [1.165, 1.54) is 43.1 Å². The summed E-state index contributed by atoms with van der Waals surface area (Å²) in [5, 5.41) is 9.83.